The Morgan fingerprint density at radius 2 is 2.29 bits per heavy atom. The molecule has 0 fully saturated rings. The normalized spacial score (nSPS) is 10.7. The summed E-state index contributed by atoms with van der Waals surface area (Å²) < 4.78 is 6.45. The number of methoxy groups -OCH3 is 1. The van der Waals surface area contributed by atoms with Gasteiger partial charge in [-0.3, -0.25) is 0 Å². The highest BCUT2D eigenvalue weighted by Crippen LogP contribution is 2.37. The predicted molar refractivity (Wildman–Crippen MR) is 62.2 cm³/mol. The molecule has 2 N–H and O–H groups in total. The van der Waals surface area contributed by atoms with Gasteiger partial charge in [-0.15, -0.1) is 11.3 Å². The summed E-state index contributed by atoms with van der Waals surface area (Å²) >= 11 is 1.66. The van der Waals surface area contributed by atoms with Gasteiger partial charge in [-0.05, 0) is 34.9 Å². The number of ether oxygens (including phenoxy) is 1. The van der Waals surface area contributed by atoms with E-state index < -0.39 is 0 Å². The zero-order valence-corrected chi connectivity index (χ0v) is 9.15. The maximum atomic E-state index is 6.04. The fraction of sp³-hybridized carbons (Fsp3) is 0.273. The van der Waals surface area contributed by atoms with E-state index in [4.69, 9.17) is 10.5 Å². The SMILES string of the molecule is CCc1cc2ccsc2c(N)c1OC. The zero-order chi connectivity index (χ0) is 10.1. The Kier molecular flexibility index (Phi) is 2.33. The van der Waals surface area contributed by atoms with Crippen LogP contribution < -0.4 is 10.5 Å². The van der Waals surface area contributed by atoms with Gasteiger partial charge in [0.2, 0.25) is 0 Å². The smallest absolute Gasteiger partial charge is 0.146 e. The Balaban J connectivity index is 2.79. The van der Waals surface area contributed by atoms with Crippen LogP contribution in [0.3, 0.4) is 0 Å². The molecule has 14 heavy (non-hydrogen) atoms. The van der Waals surface area contributed by atoms with Crippen molar-refractivity contribution in [2.45, 2.75) is 13.3 Å². The molecule has 2 nitrogen and oxygen atoms in total. The van der Waals surface area contributed by atoms with Gasteiger partial charge < -0.3 is 10.5 Å². The Labute approximate surface area is 87.3 Å². The summed E-state index contributed by atoms with van der Waals surface area (Å²) in [5, 5.41) is 3.27. The molecule has 1 aromatic carbocycles. The minimum absolute atomic E-state index is 0.775. The Bertz CT molecular complexity index is 462. The number of rotatable bonds is 2. The first-order chi connectivity index (χ1) is 6.77. The number of nitrogens with two attached hydrogens (primary N) is 1. The van der Waals surface area contributed by atoms with Crippen LogP contribution in [0.4, 0.5) is 5.69 Å². The fourth-order valence-electron chi connectivity index (χ4n) is 1.68. The van der Waals surface area contributed by atoms with E-state index in [2.05, 4.69) is 24.4 Å². The highest BCUT2D eigenvalue weighted by Gasteiger charge is 2.10. The first-order valence-electron chi connectivity index (χ1n) is 4.60. The number of hydrogen-bond donors (Lipinski definition) is 1. The van der Waals surface area contributed by atoms with Crippen molar-refractivity contribution < 1.29 is 4.74 Å². The minimum atomic E-state index is 0.775. The van der Waals surface area contributed by atoms with Gasteiger partial charge in [0, 0.05) is 0 Å². The quantitative estimate of drug-likeness (QED) is 0.768. The standard InChI is InChI=1S/C11H13NOS/c1-3-7-6-8-4-5-14-11(8)9(12)10(7)13-2/h4-6H,3,12H2,1-2H3. The largest absolute Gasteiger partial charge is 0.494 e. The molecule has 0 bridgehead atoms. The molecule has 0 aliphatic rings. The van der Waals surface area contributed by atoms with E-state index in [1.54, 1.807) is 18.4 Å². The molecule has 3 heteroatoms. The third kappa shape index (κ3) is 1.24. The van der Waals surface area contributed by atoms with E-state index in [-0.39, 0.29) is 0 Å². The summed E-state index contributed by atoms with van der Waals surface area (Å²) in [7, 11) is 1.67. The van der Waals surface area contributed by atoms with E-state index in [0.717, 1.165) is 22.6 Å². The number of nitrogen functional groups attached to an aromatic ring is 1. The van der Waals surface area contributed by atoms with Gasteiger partial charge in [-0.1, -0.05) is 6.92 Å². The lowest BCUT2D eigenvalue weighted by Gasteiger charge is -2.10. The second-order valence-corrected chi connectivity index (χ2v) is 4.09. The lowest BCUT2D eigenvalue weighted by molar-refractivity contribution is 0.413. The first-order valence-corrected chi connectivity index (χ1v) is 5.48. The van der Waals surface area contributed by atoms with Crippen LogP contribution in [-0.4, -0.2) is 7.11 Å². The number of benzene rings is 1. The minimum Gasteiger partial charge on any atom is -0.494 e. The van der Waals surface area contributed by atoms with Crippen molar-refractivity contribution >= 4 is 27.1 Å². The van der Waals surface area contributed by atoms with Crippen LogP contribution in [0.15, 0.2) is 17.5 Å². The van der Waals surface area contributed by atoms with Gasteiger partial charge in [0.15, 0.2) is 0 Å². The number of anilines is 1. The van der Waals surface area contributed by atoms with Crippen LogP contribution in [0.1, 0.15) is 12.5 Å². The van der Waals surface area contributed by atoms with Crippen molar-refractivity contribution in [2.75, 3.05) is 12.8 Å². The van der Waals surface area contributed by atoms with Crippen LogP contribution in [0.2, 0.25) is 0 Å². The Hall–Kier alpha value is -1.22. The Morgan fingerprint density at radius 3 is 2.93 bits per heavy atom. The molecule has 0 radical (unpaired) electrons. The molecule has 1 aromatic heterocycles. The molecule has 0 saturated heterocycles. The molecule has 74 valence electrons. The van der Waals surface area contributed by atoms with Crippen molar-refractivity contribution in [3.05, 3.63) is 23.1 Å². The van der Waals surface area contributed by atoms with Crippen molar-refractivity contribution in [3.63, 3.8) is 0 Å². The van der Waals surface area contributed by atoms with Gasteiger partial charge in [-0.2, -0.15) is 0 Å². The number of thiophene rings is 1. The summed E-state index contributed by atoms with van der Waals surface area (Å²) in [6, 6.07) is 4.25. The summed E-state index contributed by atoms with van der Waals surface area (Å²) in [6.07, 6.45) is 0.944. The number of aryl methyl sites for hydroxylation is 1. The van der Waals surface area contributed by atoms with Crippen molar-refractivity contribution in [1.29, 1.82) is 0 Å². The van der Waals surface area contributed by atoms with Gasteiger partial charge in [0.1, 0.15) is 5.75 Å². The van der Waals surface area contributed by atoms with Crippen LogP contribution in [-0.2, 0) is 6.42 Å². The second kappa shape index (κ2) is 3.50. The van der Waals surface area contributed by atoms with Crippen LogP contribution >= 0.6 is 11.3 Å². The summed E-state index contributed by atoms with van der Waals surface area (Å²) in [6.45, 7) is 2.11. The molecular formula is C11H13NOS. The summed E-state index contributed by atoms with van der Waals surface area (Å²) in [5.74, 6) is 0.836. The molecule has 0 amide bonds. The first kappa shape index (κ1) is 9.34. The van der Waals surface area contributed by atoms with Crippen LogP contribution in [0, 0.1) is 0 Å². The van der Waals surface area contributed by atoms with Crippen molar-refractivity contribution in [1.82, 2.24) is 0 Å². The maximum Gasteiger partial charge on any atom is 0.146 e. The predicted octanol–water partition coefficient (Wildman–Crippen LogP) is 3.05. The number of fused-ring (bicyclic) bond motifs is 1. The maximum absolute atomic E-state index is 6.04. The van der Waals surface area contributed by atoms with Gasteiger partial charge in [0.25, 0.3) is 0 Å². The monoisotopic (exact) mass is 207 g/mol. The third-order valence-electron chi connectivity index (χ3n) is 2.39. The van der Waals surface area contributed by atoms with Crippen molar-refractivity contribution in [3.8, 4) is 5.75 Å². The molecule has 0 spiro atoms. The molecule has 2 aromatic rings. The van der Waals surface area contributed by atoms with E-state index in [1.807, 2.05) is 0 Å². The van der Waals surface area contributed by atoms with Gasteiger partial charge in [0.05, 0.1) is 17.5 Å². The van der Waals surface area contributed by atoms with Crippen LogP contribution in [0.25, 0.3) is 10.1 Å². The highest BCUT2D eigenvalue weighted by molar-refractivity contribution is 7.17. The summed E-state index contributed by atoms with van der Waals surface area (Å²) in [5.41, 5.74) is 7.99. The lowest BCUT2D eigenvalue weighted by atomic mass is 10.1. The average molecular weight is 207 g/mol. The molecule has 0 atom stereocenters. The molecule has 1 heterocycles. The number of hydrogen-bond acceptors (Lipinski definition) is 3. The summed E-state index contributed by atoms with van der Waals surface area (Å²) in [4.78, 5) is 0. The molecule has 0 aliphatic heterocycles. The molecular weight excluding hydrogens is 194 g/mol. The lowest BCUT2D eigenvalue weighted by Crippen LogP contribution is -1.96. The topological polar surface area (TPSA) is 35.2 Å². The molecule has 0 aliphatic carbocycles. The molecule has 0 unspecified atom stereocenters. The Morgan fingerprint density at radius 1 is 1.50 bits per heavy atom. The van der Waals surface area contributed by atoms with E-state index in [0.29, 0.717) is 0 Å². The van der Waals surface area contributed by atoms with Gasteiger partial charge in [-0.25, -0.2) is 0 Å². The fourth-order valence-corrected chi connectivity index (χ4v) is 2.52. The average Bonchev–Trinajstić information content (AvgIpc) is 2.65. The van der Waals surface area contributed by atoms with Gasteiger partial charge >= 0.3 is 0 Å². The zero-order valence-electron chi connectivity index (χ0n) is 8.33. The third-order valence-corrected chi connectivity index (χ3v) is 3.35. The molecule has 2 rings (SSSR count). The van der Waals surface area contributed by atoms with Crippen LogP contribution in [0.5, 0.6) is 5.75 Å². The molecule has 0 saturated carbocycles. The van der Waals surface area contributed by atoms with E-state index >= 15 is 0 Å². The van der Waals surface area contributed by atoms with E-state index in [1.165, 1.54) is 10.9 Å². The highest BCUT2D eigenvalue weighted by atomic mass is 32.1. The second-order valence-electron chi connectivity index (χ2n) is 3.18. The van der Waals surface area contributed by atoms with Crippen molar-refractivity contribution in [2.24, 2.45) is 0 Å². The van der Waals surface area contributed by atoms with E-state index in [9.17, 15) is 0 Å².